The summed E-state index contributed by atoms with van der Waals surface area (Å²) in [4.78, 5) is 20.7. The normalized spacial score (nSPS) is 14.5. The summed E-state index contributed by atoms with van der Waals surface area (Å²) < 4.78 is 16.4. The molecule has 1 saturated heterocycles. The molecule has 0 bridgehead atoms. The average molecular weight is 374 g/mol. The molecular formula is C18H22N4O5. The van der Waals surface area contributed by atoms with Crippen LogP contribution in [0.4, 0.5) is 16.3 Å². The van der Waals surface area contributed by atoms with Crippen LogP contribution in [0.1, 0.15) is 12.8 Å². The second kappa shape index (κ2) is 8.43. The number of methoxy groups -OCH3 is 2. The molecule has 1 aromatic heterocycles. The summed E-state index contributed by atoms with van der Waals surface area (Å²) in [5, 5.41) is 12.2. The molecular weight excluding hydrogens is 352 g/mol. The molecule has 0 unspecified atom stereocenters. The van der Waals surface area contributed by atoms with E-state index in [1.54, 1.807) is 26.4 Å². The molecule has 3 rings (SSSR count). The number of likely N-dealkylation sites (tertiary alicyclic amines) is 1. The third-order valence-corrected chi connectivity index (χ3v) is 4.27. The zero-order chi connectivity index (χ0) is 19.2. The number of hydrogen-bond donors (Lipinski definition) is 2. The van der Waals surface area contributed by atoms with Crippen molar-refractivity contribution in [2.45, 2.75) is 18.9 Å². The summed E-state index contributed by atoms with van der Waals surface area (Å²) in [5.41, 5.74) is 0.755. The molecule has 144 valence electrons. The Bertz CT molecular complexity index is 771. The zero-order valence-electron chi connectivity index (χ0n) is 15.2. The van der Waals surface area contributed by atoms with Crippen LogP contribution >= 0.6 is 0 Å². The Labute approximate surface area is 156 Å². The molecule has 2 heterocycles. The van der Waals surface area contributed by atoms with Crippen LogP contribution in [0.5, 0.6) is 17.4 Å². The second-order valence-corrected chi connectivity index (χ2v) is 6.05. The maximum absolute atomic E-state index is 11.0. The Morgan fingerprint density at radius 3 is 2.37 bits per heavy atom. The number of aromatic nitrogens is 2. The van der Waals surface area contributed by atoms with Crippen LogP contribution in [0, 0.1) is 0 Å². The van der Waals surface area contributed by atoms with Crippen LogP contribution in [-0.4, -0.2) is 59.5 Å². The van der Waals surface area contributed by atoms with Gasteiger partial charge in [0.05, 0.1) is 14.2 Å². The van der Waals surface area contributed by atoms with Crippen LogP contribution < -0.4 is 19.5 Å². The van der Waals surface area contributed by atoms with Crippen LogP contribution in [0.25, 0.3) is 0 Å². The van der Waals surface area contributed by atoms with E-state index < -0.39 is 6.09 Å². The van der Waals surface area contributed by atoms with Crippen molar-refractivity contribution >= 4 is 17.6 Å². The number of carboxylic acid groups (broad SMARTS) is 1. The molecule has 0 radical (unpaired) electrons. The van der Waals surface area contributed by atoms with Crippen molar-refractivity contribution in [3.8, 4) is 17.4 Å². The highest BCUT2D eigenvalue weighted by Crippen LogP contribution is 2.28. The third kappa shape index (κ3) is 4.90. The third-order valence-electron chi connectivity index (χ3n) is 4.27. The molecule has 0 atom stereocenters. The Morgan fingerprint density at radius 1 is 1.11 bits per heavy atom. The molecule has 0 spiro atoms. The molecule has 9 heteroatoms. The lowest BCUT2D eigenvalue weighted by atomic mass is 10.1. The minimum atomic E-state index is -0.893. The lowest BCUT2D eigenvalue weighted by Crippen LogP contribution is -2.41. The number of carbonyl (C=O) groups is 1. The summed E-state index contributed by atoms with van der Waals surface area (Å²) in [7, 11) is 3.18. The fourth-order valence-corrected chi connectivity index (χ4v) is 2.84. The highest BCUT2D eigenvalue weighted by Gasteiger charge is 2.23. The van der Waals surface area contributed by atoms with Gasteiger partial charge in [0.15, 0.2) is 0 Å². The van der Waals surface area contributed by atoms with Gasteiger partial charge in [0.1, 0.15) is 29.7 Å². The number of anilines is 2. The molecule has 1 aliphatic heterocycles. The molecule has 0 saturated carbocycles. The molecule has 1 amide bonds. The molecule has 0 aliphatic carbocycles. The van der Waals surface area contributed by atoms with Crippen molar-refractivity contribution in [3.05, 3.63) is 30.6 Å². The molecule has 1 aliphatic rings. The number of piperidine rings is 1. The van der Waals surface area contributed by atoms with Crippen molar-refractivity contribution in [2.24, 2.45) is 0 Å². The predicted octanol–water partition coefficient (Wildman–Crippen LogP) is 2.76. The van der Waals surface area contributed by atoms with E-state index in [2.05, 4.69) is 15.3 Å². The highest BCUT2D eigenvalue weighted by molar-refractivity contribution is 5.65. The second-order valence-electron chi connectivity index (χ2n) is 6.05. The predicted molar refractivity (Wildman–Crippen MR) is 98.1 cm³/mol. The Balaban J connectivity index is 1.65. The fraction of sp³-hybridized carbons (Fsp3) is 0.389. The Morgan fingerprint density at radius 2 is 1.78 bits per heavy atom. The maximum Gasteiger partial charge on any atom is 0.407 e. The maximum atomic E-state index is 11.0. The number of rotatable bonds is 6. The highest BCUT2D eigenvalue weighted by atomic mass is 16.5. The molecule has 1 aromatic carbocycles. The van der Waals surface area contributed by atoms with Crippen LogP contribution in [0.15, 0.2) is 30.6 Å². The number of nitrogens with zero attached hydrogens (tertiary/aromatic N) is 3. The smallest absolute Gasteiger partial charge is 0.407 e. The molecule has 2 N–H and O–H groups in total. The lowest BCUT2D eigenvalue weighted by molar-refractivity contribution is 0.0870. The van der Waals surface area contributed by atoms with Crippen molar-refractivity contribution < 1.29 is 24.1 Å². The van der Waals surface area contributed by atoms with Crippen molar-refractivity contribution in [3.63, 3.8) is 0 Å². The Kier molecular flexibility index (Phi) is 5.80. The fourth-order valence-electron chi connectivity index (χ4n) is 2.84. The zero-order valence-corrected chi connectivity index (χ0v) is 15.2. The SMILES string of the molecule is COc1cc(Nc2cc(OC3CCN(C(=O)O)CC3)ncn2)cc(OC)c1. The van der Waals surface area contributed by atoms with Gasteiger partial charge >= 0.3 is 6.09 Å². The van der Waals surface area contributed by atoms with E-state index in [-0.39, 0.29) is 6.10 Å². The van der Waals surface area contributed by atoms with Gasteiger partial charge in [-0.1, -0.05) is 0 Å². The van der Waals surface area contributed by atoms with Gasteiger partial charge in [-0.3, -0.25) is 0 Å². The lowest BCUT2D eigenvalue weighted by Gasteiger charge is -2.29. The van der Waals surface area contributed by atoms with Crippen molar-refractivity contribution in [2.75, 3.05) is 32.6 Å². The minimum Gasteiger partial charge on any atom is -0.497 e. The molecule has 1 fully saturated rings. The van der Waals surface area contributed by atoms with E-state index in [9.17, 15) is 4.79 Å². The number of hydrogen-bond acceptors (Lipinski definition) is 7. The monoisotopic (exact) mass is 374 g/mol. The van der Waals surface area contributed by atoms with Crippen LogP contribution in [0.2, 0.25) is 0 Å². The summed E-state index contributed by atoms with van der Waals surface area (Å²) in [6.45, 7) is 0.916. The van der Waals surface area contributed by atoms with Gasteiger partial charge in [-0.15, -0.1) is 0 Å². The van der Waals surface area contributed by atoms with Crippen LogP contribution in [-0.2, 0) is 0 Å². The van der Waals surface area contributed by atoms with Crippen LogP contribution in [0.3, 0.4) is 0 Å². The quantitative estimate of drug-likeness (QED) is 0.795. The summed E-state index contributed by atoms with van der Waals surface area (Å²) in [6, 6.07) is 7.14. The molecule has 9 nitrogen and oxygen atoms in total. The van der Waals surface area contributed by atoms with Gasteiger partial charge in [-0.05, 0) is 0 Å². The topological polar surface area (TPSA) is 106 Å². The van der Waals surface area contributed by atoms with Crippen molar-refractivity contribution in [1.29, 1.82) is 0 Å². The number of amides is 1. The van der Waals surface area contributed by atoms with E-state index in [4.69, 9.17) is 19.3 Å². The van der Waals surface area contributed by atoms with Gasteiger partial charge < -0.3 is 29.5 Å². The van der Waals surface area contributed by atoms with E-state index >= 15 is 0 Å². The standard InChI is InChI=1S/C18H22N4O5/c1-25-14-7-12(8-15(9-14)26-2)21-16-10-17(20-11-19-16)27-13-3-5-22(6-4-13)18(23)24/h7-11,13H,3-6H2,1-2H3,(H,23,24)(H,19,20,21). The van der Waals surface area contributed by atoms with Gasteiger partial charge in [0.2, 0.25) is 5.88 Å². The first kappa shape index (κ1) is 18.6. The largest absolute Gasteiger partial charge is 0.497 e. The number of ether oxygens (including phenoxy) is 3. The first-order valence-electron chi connectivity index (χ1n) is 8.54. The summed E-state index contributed by atoms with van der Waals surface area (Å²) >= 11 is 0. The van der Waals surface area contributed by atoms with Gasteiger partial charge in [-0.2, -0.15) is 0 Å². The number of benzene rings is 1. The van der Waals surface area contributed by atoms with E-state index in [1.165, 1.54) is 11.2 Å². The first-order chi connectivity index (χ1) is 13.1. The summed E-state index contributed by atoms with van der Waals surface area (Å²) in [5.74, 6) is 2.33. The van der Waals surface area contributed by atoms with E-state index in [1.807, 2.05) is 12.1 Å². The van der Waals surface area contributed by atoms with Gasteiger partial charge in [0, 0.05) is 55.9 Å². The van der Waals surface area contributed by atoms with Gasteiger partial charge in [-0.25, -0.2) is 14.8 Å². The van der Waals surface area contributed by atoms with Crippen molar-refractivity contribution in [1.82, 2.24) is 14.9 Å². The molecule has 2 aromatic rings. The van der Waals surface area contributed by atoms with E-state index in [0.29, 0.717) is 49.1 Å². The number of nitrogens with one attached hydrogen (secondary N) is 1. The average Bonchev–Trinajstić information content (AvgIpc) is 2.68. The van der Waals surface area contributed by atoms with E-state index in [0.717, 1.165) is 5.69 Å². The van der Waals surface area contributed by atoms with Gasteiger partial charge in [0.25, 0.3) is 0 Å². The first-order valence-corrected chi connectivity index (χ1v) is 8.54. The Hall–Kier alpha value is -3.23. The molecule has 27 heavy (non-hydrogen) atoms. The summed E-state index contributed by atoms with van der Waals surface area (Å²) in [6.07, 6.45) is 1.72. The minimum absolute atomic E-state index is 0.0692.